The normalized spacial score (nSPS) is 12.2. The van der Waals surface area contributed by atoms with Gasteiger partial charge in [-0.15, -0.1) is 0 Å². The van der Waals surface area contributed by atoms with Crippen molar-refractivity contribution >= 4 is 0 Å². The first-order chi connectivity index (χ1) is 9.51. The minimum absolute atomic E-state index is 0.0745. The first kappa shape index (κ1) is 14.5. The van der Waals surface area contributed by atoms with E-state index in [1.54, 1.807) is 19.2 Å². The first-order valence-corrected chi connectivity index (χ1v) is 6.42. The van der Waals surface area contributed by atoms with E-state index in [1.807, 2.05) is 13.8 Å². The zero-order valence-corrected chi connectivity index (χ0v) is 11.7. The van der Waals surface area contributed by atoms with E-state index in [2.05, 4.69) is 5.32 Å². The highest BCUT2D eigenvalue weighted by molar-refractivity contribution is 5.42. The molecule has 1 N–H and O–H groups in total. The summed E-state index contributed by atoms with van der Waals surface area (Å²) in [5, 5.41) is 3.04. The molecule has 20 heavy (non-hydrogen) atoms. The number of ether oxygens (including phenoxy) is 1. The Balaban J connectivity index is 2.40. The highest BCUT2D eigenvalue weighted by Crippen LogP contribution is 2.32. The molecule has 0 saturated heterocycles. The molecule has 2 rings (SSSR count). The summed E-state index contributed by atoms with van der Waals surface area (Å²) in [5.41, 5.74) is 1.51. The molecule has 0 amide bonds. The summed E-state index contributed by atoms with van der Waals surface area (Å²) in [6.45, 7) is 3.74. The average molecular weight is 277 g/mol. The topological polar surface area (TPSA) is 21.3 Å². The van der Waals surface area contributed by atoms with E-state index >= 15 is 0 Å². The molecule has 2 aromatic carbocycles. The lowest BCUT2D eigenvalue weighted by molar-refractivity contribution is 0.455. The molecule has 0 aromatic heterocycles. The molecular weight excluding hydrogens is 260 g/mol. The van der Waals surface area contributed by atoms with Crippen molar-refractivity contribution in [3.8, 4) is 11.5 Å². The highest BCUT2D eigenvalue weighted by atomic mass is 19.1. The highest BCUT2D eigenvalue weighted by Gasteiger charge is 2.13. The van der Waals surface area contributed by atoms with Gasteiger partial charge in [0, 0.05) is 17.7 Å². The molecule has 0 saturated carbocycles. The van der Waals surface area contributed by atoms with E-state index in [9.17, 15) is 8.78 Å². The van der Waals surface area contributed by atoms with Crippen LogP contribution in [0.2, 0.25) is 0 Å². The van der Waals surface area contributed by atoms with Gasteiger partial charge in [-0.1, -0.05) is 6.07 Å². The Morgan fingerprint density at radius 2 is 1.65 bits per heavy atom. The van der Waals surface area contributed by atoms with Gasteiger partial charge in [-0.05, 0) is 50.7 Å². The van der Waals surface area contributed by atoms with Crippen molar-refractivity contribution in [3.05, 3.63) is 59.2 Å². The van der Waals surface area contributed by atoms with Gasteiger partial charge >= 0.3 is 0 Å². The third-order valence-electron chi connectivity index (χ3n) is 3.24. The molecule has 0 radical (unpaired) electrons. The quantitative estimate of drug-likeness (QED) is 0.897. The van der Waals surface area contributed by atoms with Crippen molar-refractivity contribution in [2.75, 3.05) is 7.05 Å². The molecular formula is C16H17F2NO. The van der Waals surface area contributed by atoms with Gasteiger partial charge in [0.05, 0.1) is 0 Å². The van der Waals surface area contributed by atoms with Gasteiger partial charge in [0.15, 0.2) is 0 Å². The van der Waals surface area contributed by atoms with Crippen LogP contribution in [0.15, 0.2) is 36.4 Å². The van der Waals surface area contributed by atoms with Crippen LogP contribution in [0.3, 0.4) is 0 Å². The Labute approximate surface area is 117 Å². The predicted octanol–water partition coefficient (Wildman–Crippen LogP) is 4.35. The number of aryl methyl sites for hydroxylation is 1. The zero-order chi connectivity index (χ0) is 14.7. The van der Waals surface area contributed by atoms with Crippen LogP contribution in [-0.4, -0.2) is 7.05 Å². The molecule has 1 atom stereocenters. The largest absolute Gasteiger partial charge is 0.457 e. The van der Waals surface area contributed by atoms with Crippen LogP contribution in [0, 0.1) is 18.6 Å². The van der Waals surface area contributed by atoms with Crippen LogP contribution < -0.4 is 10.1 Å². The molecule has 0 spiro atoms. The number of benzene rings is 2. The van der Waals surface area contributed by atoms with Gasteiger partial charge in [-0.3, -0.25) is 0 Å². The second-order valence-electron chi connectivity index (χ2n) is 4.70. The maximum atomic E-state index is 13.4. The zero-order valence-electron chi connectivity index (χ0n) is 11.7. The summed E-state index contributed by atoms with van der Waals surface area (Å²) < 4.78 is 32.4. The Hall–Kier alpha value is -1.94. The van der Waals surface area contributed by atoms with E-state index in [0.29, 0.717) is 17.1 Å². The molecule has 4 heteroatoms. The van der Waals surface area contributed by atoms with Crippen LogP contribution >= 0.6 is 0 Å². The summed E-state index contributed by atoms with van der Waals surface area (Å²) in [5.74, 6) is 0.254. The summed E-state index contributed by atoms with van der Waals surface area (Å²) in [4.78, 5) is 0. The van der Waals surface area contributed by atoms with Crippen LogP contribution in [0.1, 0.15) is 24.1 Å². The van der Waals surface area contributed by atoms with Crippen LogP contribution in [0.25, 0.3) is 0 Å². The average Bonchev–Trinajstić information content (AvgIpc) is 2.43. The van der Waals surface area contributed by atoms with E-state index in [-0.39, 0.29) is 17.7 Å². The molecule has 0 aliphatic rings. The Morgan fingerprint density at radius 1 is 1.00 bits per heavy atom. The van der Waals surface area contributed by atoms with Crippen molar-refractivity contribution in [1.29, 1.82) is 0 Å². The lowest BCUT2D eigenvalue weighted by atomic mass is 10.1. The lowest BCUT2D eigenvalue weighted by Gasteiger charge is -2.17. The van der Waals surface area contributed by atoms with Gasteiger partial charge in [-0.25, -0.2) is 8.78 Å². The van der Waals surface area contributed by atoms with Crippen molar-refractivity contribution in [1.82, 2.24) is 5.32 Å². The third kappa shape index (κ3) is 3.14. The monoisotopic (exact) mass is 277 g/mol. The molecule has 2 nitrogen and oxygen atoms in total. The standard InChI is InChI=1S/C16H17F2NO/c1-10-4-5-13(18)9-16(10)20-15-7-6-12(17)8-14(15)11(2)19-3/h4-9,11,19H,1-3H3. The fourth-order valence-corrected chi connectivity index (χ4v) is 1.91. The summed E-state index contributed by atoms with van der Waals surface area (Å²) in [6, 6.07) is 8.59. The second-order valence-corrected chi connectivity index (χ2v) is 4.70. The van der Waals surface area contributed by atoms with E-state index < -0.39 is 0 Å². The molecule has 106 valence electrons. The SMILES string of the molecule is CNC(C)c1cc(F)ccc1Oc1cc(F)ccc1C. The number of hydrogen-bond acceptors (Lipinski definition) is 2. The van der Waals surface area contributed by atoms with Gasteiger partial charge in [0.2, 0.25) is 0 Å². The number of hydrogen-bond donors (Lipinski definition) is 1. The van der Waals surface area contributed by atoms with Gasteiger partial charge in [-0.2, -0.15) is 0 Å². The molecule has 0 aliphatic heterocycles. The molecule has 0 aliphatic carbocycles. The third-order valence-corrected chi connectivity index (χ3v) is 3.24. The Bertz CT molecular complexity index is 613. The fraction of sp³-hybridized carbons (Fsp3) is 0.250. The number of nitrogens with one attached hydrogen (secondary N) is 1. The summed E-state index contributed by atoms with van der Waals surface area (Å²) >= 11 is 0. The minimum Gasteiger partial charge on any atom is -0.457 e. The Morgan fingerprint density at radius 3 is 2.35 bits per heavy atom. The summed E-state index contributed by atoms with van der Waals surface area (Å²) in [7, 11) is 1.78. The molecule has 1 unspecified atom stereocenters. The summed E-state index contributed by atoms with van der Waals surface area (Å²) in [6.07, 6.45) is 0. The van der Waals surface area contributed by atoms with E-state index in [4.69, 9.17) is 4.74 Å². The predicted molar refractivity (Wildman–Crippen MR) is 75.1 cm³/mol. The van der Waals surface area contributed by atoms with Crippen LogP contribution in [-0.2, 0) is 0 Å². The maximum Gasteiger partial charge on any atom is 0.133 e. The van der Waals surface area contributed by atoms with Gasteiger partial charge in [0.1, 0.15) is 23.1 Å². The van der Waals surface area contributed by atoms with Crippen molar-refractivity contribution < 1.29 is 13.5 Å². The second kappa shape index (κ2) is 6.01. The first-order valence-electron chi connectivity index (χ1n) is 6.42. The lowest BCUT2D eigenvalue weighted by Crippen LogP contribution is -2.13. The van der Waals surface area contributed by atoms with Crippen molar-refractivity contribution in [3.63, 3.8) is 0 Å². The van der Waals surface area contributed by atoms with Crippen molar-refractivity contribution in [2.24, 2.45) is 0 Å². The van der Waals surface area contributed by atoms with Crippen molar-refractivity contribution in [2.45, 2.75) is 19.9 Å². The number of halogens is 2. The number of rotatable bonds is 4. The van der Waals surface area contributed by atoms with E-state index in [0.717, 1.165) is 5.56 Å². The minimum atomic E-state index is -0.365. The molecule has 0 bridgehead atoms. The van der Waals surface area contributed by atoms with E-state index in [1.165, 1.54) is 24.3 Å². The maximum absolute atomic E-state index is 13.4. The fourth-order valence-electron chi connectivity index (χ4n) is 1.91. The van der Waals surface area contributed by atoms with Crippen LogP contribution in [0.4, 0.5) is 8.78 Å². The molecule has 0 fully saturated rings. The van der Waals surface area contributed by atoms with Crippen LogP contribution in [0.5, 0.6) is 11.5 Å². The Kier molecular flexibility index (Phi) is 4.35. The van der Waals surface area contributed by atoms with Gasteiger partial charge < -0.3 is 10.1 Å². The van der Waals surface area contributed by atoms with Gasteiger partial charge in [0.25, 0.3) is 0 Å². The smallest absolute Gasteiger partial charge is 0.133 e. The molecule has 0 heterocycles. The molecule has 2 aromatic rings.